The van der Waals surface area contributed by atoms with Crippen molar-refractivity contribution in [3.05, 3.63) is 70.2 Å². The van der Waals surface area contributed by atoms with Crippen molar-refractivity contribution in [2.75, 3.05) is 0 Å². The van der Waals surface area contributed by atoms with Crippen LogP contribution in [0.15, 0.2) is 62.4 Å². The molecule has 5 nitrogen and oxygen atoms in total. The van der Waals surface area contributed by atoms with E-state index in [9.17, 15) is 0 Å². The van der Waals surface area contributed by atoms with E-state index in [0.717, 1.165) is 10.5 Å². The molecule has 2 aromatic carbocycles. The topological polar surface area (TPSA) is 65.0 Å². The lowest BCUT2D eigenvalue weighted by Gasteiger charge is -2.02. The minimum Gasteiger partial charge on any atom is -0.420 e. The molecule has 4 rings (SSSR count). The number of nitrogens with zero attached hydrogens (tertiary/aromatic N) is 3. The van der Waals surface area contributed by atoms with Crippen LogP contribution in [0.5, 0.6) is 0 Å². The fourth-order valence-electron chi connectivity index (χ4n) is 2.56. The van der Waals surface area contributed by atoms with Gasteiger partial charge in [0, 0.05) is 15.5 Å². The lowest BCUT2D eigenvalue weighted by atomic mass is 10.1. The molecule has 2 aromatic heterocycles. The molecule has 0 aliphatic rings. The number of rotatable bonds is 5. The van der Waals surface area contributed by atoms with Gasteiger partial charge in [0.15, 0.2) is 0 Å². The molecule has 0 amide bonds. The molecule has 0 saturated carbocycles. The lowest BCUT2D eigenvalue weighted by Crippen LogP contribution is -1.84. The fraction of sp³-hybridized carbons (Fsp3) is 0.105. The largest absolute Gasteiger partial charge is 0.420 e. The summed E-state index contributed by atoms with van der Waals surface area (Å²) in [6.07, 6.45) is 0. The van der Waals surface area contributed by atoms with Crippen molar-refractivity contribution in [3.63, 3.8) is 0 Å². The summed E-state index contributed by atoms with van der Waals surface area (Å²) in [7, 11) is 0. The maximum Gasteiger partial charge on any atom is 0.253 e. The molecule has 0 N–H and O–H groups in total. The maximum absolute atomic E-state index is 6.19. The maximum atomic E-state index is 6.19. The monoisotopic (exact) mass is 417 g/mol. The summed E-state index contributed by atoms with van der Waals surface area (Å²) in [6, 6.07) is 15.0. The summed E-state index contributed by atoms with van der Waals surface area (Å²) in [5.41, 5.74) is 2.30. The highest BCUT2D eigenvalue weighted by atomic mass is 35.5. The Morgan fingerprint density at radius 3 is 2.67 bits per heavy atom. The highest BCUT2D eigenvalue weighted by Crippen LogP contribution is 2.35. The van der Waals surface area contributed by atoms with E-state index in [0.29, 0.717) is 44.6 Å². The van der Waals surface area contributed by atoms with Crippen LogP contribution < -0.4 is 0 Å². The Kier molecular flexibility index (Phi) is 5.20. The van der Waals surface area contributed by atoms with Crippen molar-refractivity contribution < 1.29 is 8.94 Å². The Hall–Kier alpha value is -2.28. The van der Waals surface area contributed by atoms with E-state index in [-0.39, 0.29) is 0 Å². The number of benzene rings is 2. The summed E-state index contributed by atoms with van der Waals surface area (Å²) in [5.74, 6) is 1.94. The van der Waals surface area contributed by atoms with Gasteiger partial charge in [0.1, 0.15) is 17.0 Å². The number of thioether (sulfide) groups is 1. The van der Waals surface area contributed by atoms with Gasteiger partial charge in [0.05, 0.1) is 10.8 Å². The molecule has 8 heteroatoms. The smallest absolute Gasteiger partial charge is 0.253 e. The molecular weight excluding hydrogens is 405 g/mol. The van der Waals surface area contributed by atoms with Crippen LogP contribution >= 0.6 is 35.0 Å². The third-order valence-electron chi connectivity index (χ3n) is 3.84. The lowest BCUT2D eigenvalue weighted by molar-refractivity contribution is 0.399. The molecule has 0 unspecified atom stereocenters. The van der Waals surface area contributed by atoms with Gasteiger partial charge in [-0.1, -0.05) is 58.7 Å². The van der Waals surface area contributed by atoms with Gasteiger partial charge in [-0.25, -0.2) is 0 Å². The number of halogens is 2. The van der Waals surface area contributed by atoms with Crippen LogP contribution in [0.1, 0.15) is 11.7 Å². The van der Waals surface area contributed by atoms with Crippen molar-refractivity contribution in [3.8, 4) is 22.7 Å². The Morgan fingerprint density at radius 2 is 1.85 bits per heavy atom. The molecule has 0 fully saturated rings. The molecule has 0 aliphatic heterocycles. The predicted molar refractivity (Wildman–Crippen MR) is 106 cm³/mol. The second-order valence-electron chi connectivity index (χ2n) is 5.69. The second-order valence-corrected chi connectivity index (χ2v) is 7.55. The van der Waals surface area contributed by atoms with Gasteiger partial charge in [0.2, 0.25) is 5.89 Å². The Balaban J connectivity index is 1.59. The van der Waals surface area contributed by atoms with Crippen LogP contribution in [-0.2, 0) is 5.75 Å². The first-order valence-electron chi connectivity index (χ1n) is 8.04. The molecular formula is C19H13Cl2N3O2S. The van der Waals surface area contributed by atoms with Crippen LogP contribution in [-0.4, -0.2) is 15.4 Å². The van der Waals surface area contributed by atoms with Crippen molar-refractivity contribution in [1.29, 1.82) is 0 Å². The first-order valence-corrected chi connectivity index (χ1v) is 9.78. The summed E-state index contributed by atoms with van der Waals surface area (Å²) < 4.78 is 11.2. The molecule has 0 atom stereocenters. The molecule has 0 aliphatic carbocycles. The Bertz CT molecular complexity index is 1080. The highest BCUT2D eigenvalue weighted by molar-refractivity contribution is 7.98. The molecule has 2 heterocycles. The van der Waals surface area contributed by atoms with E-state index < -0.39 is 0 Å². The van der Waals surface area contributed by atoms with E-state index in [1.54, 1.807) is 12.1 Å². The molecule has 0 saturated heterocycles. The standard InChI is InChI=1S/C19H13Cl2N3O2S/c1-11-17(18(24-26-11)12-5-3-2-4-6-12)19-23-22-16(25-19)10-27-15-9-13(20)7-8-14(15)21/h2-9H,10H2,1H3. The molecule has 136 valence electrons. The van der Waals surface area contributed by atoms with Crippen molar-refractivity contribution in [1.82, 2.24) is 15.4 Å². The van der Waals surface area contributed by atoms with Gasteiger partial charge >= 0.3 is 0 Å². The van der Waals surface area contributed by atoms with Crippen molar-refractivity contribution >= 4 is 35.0 Å². The second kappa shape index (κ2) is 7.76. The van der Waals surface area contributed by atoms with Gasteiger partial charge in [0.25, 0.3) is 5.89 Å². The van der Waals surface area contributed by atoms with Crippen LogP contribution in [0.4, 0.5) is 0 Å². The molecule has 27 heavy (non-hydrogen) atoms. The molecule has 0 spiro atoms. The number of aromatic nitrogens is 3. The Labute approximate surface area is 169 Å². The van der Waals surface area contributed by atoms with Gasteiger partial charge < -0.3 is 8.94 Å². The summed E-state index contributed by atoms with van der Waals surface area (Å²) in [6.45, 7) is 1.82. The Morgan fingerprint density at radius 1 is 1.04 bits per heavy atom. The number of hydrogen-bond acceptors (Lipinski definition) is 6. The van der Waals surface area contributed by atoms with Crippen LogP contribution in [0.3, 0.4) is 0 Å². The zero-order valence-corrected chi connectivity index (χ0v) is 16.5. The number of hydrogen-bond donors (Lipinski definition) is 0. The third kappa shape index (κ3) is 3.88. The first-order chi connectivity index (χ1) is 13.1. The van der Waals surface area contributed by atoms with Crippen molar-refractivity contribution in [2.24, 2.45) is 0 Å². The number of aryl methyl sites for hydroxylation is 1. The predicted octanol–water partition coefficient (Wildman–Crippen LogP) is 6.30. The van der Waals surface area contributed by atoms with Gasteiger partial charge in [-0.2, -0.15) is 0 Å². The minimum atomic E-state index is 0.375. The van der Waals surface area contributed by atoms with E-state index in [2.05, 4.69) is 15.4 Å². The third-order valence-corrected chi connectivity index (χ3v) is 5.55. The zero-order chi connectivity index (χ0) is 18.8. The van der Waals surface area contributed by atoms with E-state index in [1.807, 2.05) is 43.3 Å². The molecule has 0 bridgehead atoms. The highest BCUT2D eigenvalue weighted by Gasteiger charge is 2.22. The van der Waals surface area contributed by atoms with Crippen molar-refractivity contribution in [2.45, 2.75) is 17.6 Å². The van der Waals surface area contributed by atoms with Gasteiger partial charge in [-0.15, -0.1) is 22.0 Å². The summed E-state index contributed by atoms with van der Waals surface area (Å²) in [5, 5.41) is 13.7. The van der Waals surface area contributed by atoms with Crippen LogP contribution in [0.2, 0.25) is 10.0 Å². The van der Waals surface area contributed by atoms with E-state index >= 15 is 0 Å². The fourth-order valence-corrected chi connectivity index (χ4v) is 3.89. The molecule has 4 aromatic rings. The van der Waals surface area contributed by atoms with E-state index in [1.165, 1.54) is 11.8 Å². The summed E-state index contributed by atoms with van der Waals surface area (Å²) in [4.78, 5) is 0.857. The van der Waals surface area contributed by atoms with E-state index in [4.69, 9.17) is 32.1 Å². The van der Waals surface area contributed by atoms with Gasteiger partial charge in [-0.3, -0.25) is 0 Å². The quantitative estimate of drug-likeness (QED) is 0.355. The SMILES string of the molecule is Cc1onc(-c2ccccc2)c1-c1nnc(CSc2cc(Cl)ccc2Cl)o1. The summed E-state index contributed by atoms with van der Waals surface area (Å²) >= 11 is 13.7. The average molecular weight is 418 g/mol. The minimum absolute atomic E-state index is 0.375. The van der Waals surface area contributed by atoms with Gasteiger partial charge in [-0.05, 0) is 25.1 Å². The zero-order valence-electron chi connectivity index (χ0n) is 14.1. The normalized spacial score (nSPS) is 11.1. The molecule has 0 radical (unpaired) electrons. The van der Waals surface area contributed by atoms with Crippen LogP contribution in [0, 0.1) is 6.92 Å². The van der Waals surface area contributed by atoms with Crippen LogP contribution in [0.25, 0.3) is 22.7 Å². The average Bonchev–Trinajstić information content (AvgIpc) is 3.29. The first kappa shape index (κ1) is 18.1.